The predicted molar refractivity (Wildman–Crippen MR) is 34.0 cm³/mol. The molecule has 0 aliphatic rings. The Hall–Kier alpha value is 0.611. The predicted octanol–water partition coefficient (Wildman–Crippen LogP) is -2.92. The van der Waals surface area contributed by atoms with Gasteiger partial charge in [-0.25, -0.2) is 0 Å². The summed E-state index contributed by atoms with van der Waals surface area (Å²) in [5.74, 6) is 0. The van der Waals surface area contributed by atoms with Crippen molar-refractivity contribution >= 4 is 27.6 Å². The number of hydrogen-bond acceptors (Lipinski definition) is 1. The highest BCUT2D eigenvalue weighted by atomic mass is 29.5. The first-order chi connectivity index (χ1) is 2.41. The Morgan fingerprint density at radius 1 is 1.80 bits per heavy atom. The van der Waals surface area contributed by atoms with Gasteiger partial charge in [-0.1, -0.05) is 0 Å². The van der Waals surface area contributed by atoms with Crippen molar-refractivity contribution in [3.63, 3.8) is 0 Å². The molecule has 0 radical (unpaired) electrons. The summed E-state index contributed by atoms with van der Waals surface area (Å²) in [6.07, 6.45) is 0. The van der Waals surface area contributed by atoms with Gasteiger partial charge in [-0.2, -0.15) is 0 Å². The monoisotopic (exact) mass is 122 g/mol. The maximum absolute atomic E-state index is 4.93. The van der Waals surface area contributed by atoms with Gasteiger partial charge in [0, 0.05) is 15.7 Å². The Bertz CT molecular complexity index is 14.4. The Morgan fingerprint density at radius 2 is 2.40 bits per heavy atom. The lowest BCUT2D eigenvalue weighted by Crippen LogP contribution is -2.04. The molecule has 0 aromatic rings. The van der Waals surface area contributed by atoms with Gasteiger partial charge >= 0.3 is 0 Å². The van der Waals surface area contributed by atoms with Crippen LogP contribution in [0.3, 0.4) is 0 Å². The van der Waals surface area contributed by atoms with Crippen LogP contribution in [0.5, 0.6) is 0 Å². The first-order valence-electron chi connectivity index (χ1n) is 1.90. The molecule has 0 atom stereocenters. The molecule has 5 heavy (non-hydrogen) atoms. The van der Waals surface area contributed by atoms with Crippen LogP contribution in [0.25, 0.3) is 0 Å². The first-order valence-corrected chi connectivity index (χ1v) is 12.1. The highest BCUT2D eigenvalue weighted by Crippen LogP contribution is 1.46. The van der Waals surface area contributed by atoms with Crippen LogP contribution in [0, 0.1) is 0 Å². The van der Waals surface area contributed by atoms with Crippen LogP contribution in [-0.2, 0) is 4.43 Å². The molecular weight excluding hydrogens is 112 g/mol. The number of hydrogen-bond donors (Lipinski definition) is 0. The molecule has 0 fully saturated rings. The Morgan fingerprint density at radius 3 is 2.40 bits per heavy atom. The summed E-state index contributed by atoms with van der Waals surface area (Å²) in [6.45, 7) is 0. The molecule has 0 saturated heterocycles. The van der Waals surface area contributed by atoms with Gasteiger partial charge in [-0.05, 0) is 9.76 Å². The van der Waals surface area contributed by atoms with Crippen LogP contribution in [0.2, 0.25) is 0 Å². The van der Waals surface area contributed by atoms with E-state index < -0.39 is 0 Å². The molecule has 0 aromatic carbocycles. The molecule has 0 heterocycles. The van der Waals surface area contributed by atoms with Crippen LogP contribution in [0.4, 0.5) is 0 Å². The standard InChI is InChI=1S/CH10OSi3/c1-2-4-5-3/h4-5H2,1,3H3. The van der Waals surface area contributed by atoms with E-state index in [4.69, 9.17) is 4.43 Å². The zero-order valence-corrected chi connectivity index (χ0v) is 8.65. The molecular formula is CH10OSi3. The zero-order valence-electron chi connectivity index (χ0n) is 3.82. The molecule has 1 nitrogen and oxygen atoms in total. The van der Waals surface area contributed by atoms with E-state index in [2.05, 4.69) is 0 Å². The summed E-state index contributed by atoms with van der Waals surface area (Å²) in [5.41, 5.74) is 0. The molecule has 0 aromatic heterocycles. The summed E-state index contributed by atoms with van der Waals surface area (Å²) in [6, 6.07) is 0. The van der Waals surface area contributed by atoms with Crippen LogP contribution in [-0.4, -0.2) is 34.7 Å². The SMILES string of the molecule is CO[SiH2][SiH2][SiH3]. The van der Waals surface area contributed by atoms with Crippen LogP contribution >= 0.6 is 0 Å². The Balaban J connectivity index is 2.19. The van der Waals surface area contributed by atoms with Gasteiger partial charge < -0.3 is 4.43 Å². The molecule has 0 N–H and O–H groups in total. The second-order valence-corrected chi connectivity index (χ2v) is 16.2. The maximum atomic E-state index is 4.93. The largest absolute Gasteiger partial charge is 0.431 e. The van der Waals surface area contributed by atoms with Crippen molar-refractivity contribution in [1.82, 2.24) is 0 Å². The van der Waals surface area contributed by atoms with E-state index in [1.54, 1.807) is 0 Å². The number of rotatable bonds is 2. The molecule has 0 aliphatic carbocycles. The molecule has 4 heteroatoms. The fourth-order valence-electron chi connectivity index (χ4n) is 0.204. The smallest absolute Gasteiger partial charge is 0.139 e. The van der Waals surface area contributed by atoms with Gasteiger partial charge in [-0.3, -0.25) is 0 Å². The third-order valence-corrected chi connectivity index (χ3v) is 7.35. The third kappa shape index (κ3) is 4.61. The lowest BCUT2D eigenvalue weighted by atomic mass is 11.8. The average Bonchev–Trinajstić information content (AvgIpc) is 1.41. The second kappa shape index (κ2) is 4.61. The van der Waals surface area contributed by atoms with Crippen molar-refractivity contribution in [3.05, 3.63) is 0 Å². The molecule has 0 unspecified atom stereocenters. The van der Waals surface area contributed by atoms with E-state index in [1.807, 2.05) is 7.11 Å². The van der Waals surface area contributed by atoms with Gasteiger partial charge in [0.05, 0.1) is 0 Å². The van der Waals surface area contributed by atoms with E-state index >= 15 is 0 Å². The Kier molecular flexibility index (Phi) is 5.17. The quantitative estimate of drug-likeness (QED) is 0.357. The minimum atomic E-state index is 0.133. The van der Waals surface area contributed by atoms with E-state index in [0.29, 0.717) is 8.55 Å². The highest BCUT2D eigenvalue weighted by Gasteiger charge is 1.70. The lowest BCUT2D eigenvalue weighted by molar-refractivity contribution is 0.454. The summed E-state index contributed by atoms with van der Waals surface area (Å²) >= 11 is 0. The molecule has 0 rings (SSSR count). The topological polar surface area (TPSA) is 9.23 Å². The van der Waals surface area contributed by atoms with E-state index in [-0.39, 0.29) is 9.28 Å². The summed E-state index contributed by atoms with van der Waals surface area (Å²) < 4.78 is 4.93. The van der Waals surface area contributed by atoms with Crippen LogP contribution < -0.4 is 0 Å². The minimum absolute atomic E-state index is 0.133. The van der Waals surface area contributed by atoms with Crippen molar-refractivity contribution in [2.24, 2.45) is 0 Å². The fraction of sp³-hybridized carbons (Fsp3) is 1.00. The average molecular weight is 122 g/mol. The van der Waals surface area contributed by atoms with E-state index in [1.165, 1.54) is 9.76 Å². The molecule has 0 amide bonds. The van der Waals surface area contributed by atoms with Gasteiger partial charge in [0.2, 0.25) is 0 Å². The molecule has 0 bridgehead atoms. The second-order valence-electron chi connectivity index (χ2n) is 0.993. The maximum Gasteiger partial charge on any atom is 0.139 e. The van der Waals surface area contributed by atoms with Crippen molar-refractivity contribution in [2.45, 2.75) is 0 Å². The van der Waals surface area contributed by atoms with Gasteiger partial charge in [-0.15, -0.1) is 0 Å². The lowest BCUT2D eigenvalue weighted by Gasteiger charge is -1.82. The summed E-state index contributed by atoms with van der Waals surface area (Å²) in [4.78, 5) is 0. The van der Waals surface area contributed by atoms with Gasteiger partial charge in [0.25, 0.3) is 0 Å². The van der Waals surface area contributed by atoms with Gasteiger partial charge in [0.1, 0.15) is 9.28 Å². The van der Waals surface area contributed by atoms with E-state index in [9.17, 15) is 0 Å². The Labute approximate surface area is 39.9 Å². The van der Waals surface area contributed by atoms with Crippen molar-refractivity contribution < 1.29 is 4.43 Å². The fourth-order valence-corrected chi connectivity index (χ4v) is 5.51. The minimum Gasteiger partial charge on any atom is -0.431 e. The normalized spacial score (nSPS) is 13.8. The molecule has 32 valence electrons. The van der Waals surface area contributed by atoms with Crippen molar-refractivity contribution in [2.75, 3.05) is 7.11 Å². The summed E-state index contributed by atoms with van der Waals surface area (Å²) in [5, 5.41) is 0. The molecule has 0 saturated carbocycles. The molecule has 0 aliphatic heterocycles. The van der Waals surface area contributed by atoms with Crippen molar-refractivity contribution in [1.29, 1.82) is 0 Å². The first kappa shape index (κ1) is 5.61. The highest BCUT2D eigenvalue weighted by molar-refractivity contribution is 7.21. The van der Waals surface area contributed by atoms with Crippen LogP contribution in [0.15, 0.2) is 0 Å². The molecule has 0 spiro atoms. The van der Waals surface area contributed by atoms with Gasteiger partial charge in [0.15, 0.2) is 0 Å². The summed E-state index contributed by atoms with van der Waals surface area (Å²) in [7, 11) is 3.91. The third-order valence-electron chi connectivity index (χ3n) is 0.408. The van der Waals surface area contributed by atoms with Crippen molar-refractivity contribution in [3.8, 4) is 0 Å². The van der Waals surface area contributed by atoms with Crippen LogP contribution in [0.1, 0.15) is 0 Å². The zero-order chi connectivity index (χ0) is 4.12. The van der Waals surface area contributed by atoms with E-state index in [0.717, 1.165) is 0 Å².